The zero-order chi connectivity index (χ0) is 16.2. The van der Waals surface area contributed by atoms with Crippen LogP contribution in [0.5, 0.6) is 0 Å². The van der Waals surface area contributed by atoms with Gasteiger partial charge in [0.05, 0.1) is 4.90 Å². The molecule has 0 saturated carbocycles. The number of urea groups is 1. The Morgan fingerprint density at radius 1 is 1.14 bits per heavy atom. The van der Waals surface area contributed by atoms with Gasteiger partial charge in [0.15, 0.2) is 0 Å². The molecule has 0 aliphatic carbocycles. The fourth-order valence-electron chi connectivity index (χ4n) is 1.58. The molecule has 0 aromatic heterocycles. The molecule has 116 valence electrons. The van der Waals surface area contributed by atoms with Gasteiger partial charge in [-0.3, -0.25) is 0 Å². The largest absolute Gasteiger partial charge is 0.480 e. The number of rotatable bonds is 5. The maximum absolute atomic E-state index is 12.0. The number of carbonyl (C=O) groups is 2. The number of carboxylic acids is 1. The van der Waals surface area contributed by atoms with Gasteiger partial charge in [0.2, 0.25) is 0 Å². The van der Waals surface area contributed by atoms with Crippen LogP contribution in [-0.4, -0.2) is 31.6 Å². The van der Waals surface area contributed by atoms with Gasteiger partial charge >= 0.3 is 12.0 Å². The first kappa shape index (κ1) is 17.0. The maximum Gasteiger partial charge on any atom is 0.329 e. The monoisotopic (exact) mass is 314 g/mol. The summed E-state index contributed by atoms with van der Waals surface area (Å²) in [6, 6.07) is 3.68. The second kappa shape index (κ2) is 6.57. The van der Waals surface area contributed by atoms with Crippen LogP contribution < -0.4 is 10.0 Å². The second-order valence-corrected chi connectivity index (χ2v) is 6.63. The molecule has 0 spiro atoms. The van der Waals surface area contributed by atoms with E-state index in [0.29, 0.717) is 0 Å². The van der Waals surface area contributed by atoms with E-state index in [-0.39, 0.29) is 10.8 Å². The third-order valence-corrected chi connectivity index (χ3v) is 4.12. The van der Waals surface area contributed by atoms with Crippen molar-refractivity contribution in [2.75, 3.05) is 0 Å². The van der Waals surface area contributed by atoms with Crippen molar-refractivity contribution in [2.24, 2.45) is 5.92 Å². The number of sulfonamides is 1. The minimum atomic E-state index is -4.03. The van der Waals surface area contributed by atoms with E-state index in [4.69, 9.17) is 5.11 Å². The van der Waals surface area contributed by atoms with Crippen LogP contribution >= 0.6 is 0 Å². The summed E-state index contributed by atoms with van der Waals surface area (Å²) in [7, 11) is -4.03. The van der Waals surface area contributed by atoms with Crippen LogP contribution in [0, 0.1) is 12.8 Å². The number of hydrogen-bond donors (Lipinski definition) is 3. The Kier molecular flexibility index (Phi) is 5.31. The van der Waals surface area contributed by atoms with Gasteiger partial charge in [-0.1, -0.05) is 31.5 Å². The van der Waals surface area contributed by atoms with Crippen molar-refractivity contribution >= 4 is 22.0 Å². The van der Waals surface area contributed by atoms with Gasteiger partial charge in [0.25, 0.3) is 10.0 Å². The van der Waals surface area contributed by atoms with Crippen LogP contribution in [0.4, 0.5) is 4.79 Å². The van der Waals surface area contributed by atoms with E-state index in [1.807, 2.05) is 0 Å². The second-order valence-electron chi connectivity index (χ2n) is 4.95. The molecule has 0 fully saturated rings. The zero-order valence-electron chi connectivity index (χ0n) is 12.0. The molecule has 1 aromatic rings. The fourth-order valence-corrected chi connectivity index (χ4v) is 2.50. The smallest absolute Gasteiger partial charge is 0.329 e. The number of aryl methyl sites for hydroxylation is 1. The number of amides is 2. The molecular weight excluding hydrogens is 296 g/mol. The number of carboxylic acid groups (broad SMARTS) is 1. The molecule has 0 heterocycles. The number of carbonyl (C=O) groups excluding carboxylic acids is 1. The molecule has 0 bridgehead atoms. The number of benzene rings is 1. The topological polar surface area (TPSA) is 113 Å². The molecule has 0 aliphatic rings. The fraction of sp³-hybridized carbons (Fsp3) is 0.385. The van der Waals surface area contributed by atoms with Crippen LogP contribution in [0.15, 0.2) is 29.2 Å². The van der Waals surface area contributed by atoms with E-state index in [2.05, 4.69) is 5.32 Å². The zero-order valence-corrected chi connectivity index (χ0v) is 12.8. The Morgan fingerprint density at radius 3 is 2.10 bits per heavy atom. The average molecular weight is 314 g/mol. The van der Waals surface area contributed by atoms with Crippen molar-refractivity contribution < 1.29 is 23.1 Å². The predicted molar refractivity (Wildman–Crippen MR) is 76.3 cm³/mol. The third-order valence-electron chi connectivity index (χ3n) is 2.78. The molecule has 1 aromatic carbocycles. The Labute approximate surface area is 123 Å². The van der Waals surface area contributed by atoms with Crippen molar-refractivity contribution in [1.29, 1.82) is 0 Å². The summed E-state index contributed by atoms with van der Waals surface area (Å²) in [6.45, 7) is 5.01. The molecule has 1 atom stereocenters. The summed E-state index contributed by atoms with van der Waals surface area (Å²) >= 11 is 0. The molecule has 7 nitrogen and oxygen atoms in total. The molecule has 21 heavy (non-hydrogen) atoms. The molecule has 3 N–H and O–H groups in total. The molecule has 1 rings (SSSR count). The van der Waals surface area contributed by atoms with Gasteiger partial charge in [0, 0.05) is 0 Å². The first-order valence-electron chi connectivity index (χ1n) is 6.26. The highest BCUT2D eigenvalue weighted by Gasteiger charge is 2.25. The van der Waals surface area contributed by atoms with Gasteiger partial charge in [-0.05, 0) is 25.0 Å². The highest BCUT2D eigenvalue weighted by molar-refractivity contribution is 7.90. The van der Waals surface area contributed by atoms with Crippen LogP contribution in [0.25, 0.3) is 0 Å². The van der Waals surface area contributed by atoms with Gasteiger partial charge < -0.3 is 10.4 Å². The summed E-state index contributed by atoms with van der Waals surface area (Å²) in [5.41, 5.74) is 0.879. The molecule has 0 aliphatic heterocycles. The maximum atomic E-state index is 12.0. The van der Waals surface area contributed by atoms with Crippen molar-refractivity contribution in [2.45, 2.75) is 31.7 Å². The molecule has 2 amide bonds. The van der Waals surface area contributed by atoms with E-state index in [1.165, 1.54) is 12.1 Å². The lowest BCUT2D eigenvalue weighted by atomic mass is 10.1. The minimum Gasteiger partial charge on any atom is -0.480 e. The predicted octanol–water partition coefficient (Wildman–Crippen LogP) is 1.09. The molecular formula is C13H18N2O5S. The lowest BCUT2D eigenvalue weighted by Crippen LogP contribution is -2.49. The Bertz CT molecular complexity index is 622. The van der Waals surface area contributed by atoms with E-state index in [9.17, 15) is 18.0 Å². The molecule has 8 heteroatoms. The van der Waals surface area contributed by atoms with Crippen molar-refractivity contribution in [3.05, 3.63) is 29.8 Å². The lowest BCUT2D eigenvalue weighted by Gasteiger charge is -2.18. The number of aliphatic carboxylic acids is 1. The van der Waals surface area contributed by atoms with E-state index < -0.39 is 28.1 Å². The van der Waals surface area contributed by atoms with E-state index in [1.54, 1.807) is 37.6 Å². The normalized spacial score (nSPS) is 12.8. The van der Waals surface area contributed by atoms with Crippen molar-refractivity contribution in [3.8, 4) is 0 Å². The minimum absolute atomic E-state index is 0.0697. The first-order valence-corrected chi connectivity index (χ1v) is 7.74. The Hall–Kier alpha value is -2.09. The van der Waals surface area contributed by atoms with E-state index in [0.717, 1.165) is 5.56 Å². The van der Waals surface area contributed by atoms with Crippen LogP contribution in [-0.2, 0) is 14.8 Å². The van der Waals surface area contributed by atoms with Crippen molar-refractivity contribution in [3.63, 3.8) is 0 Å². The number of hydrogen-bond acceptors (Lipinski definition) is 4. The molecule has 0 unspecified atom stereocenters. The van der Waals surface area contributed by atoms with E-state index >= 15 is 0 Å². The molecule has 0 saturated heterocycles. The van der Waals surface area contributed by atoms with Gasteiger partial charge in [-0.25, -0.2) is 22.7 Å². The summed E-state index contributed by atoms with van der Waals surface area (Å²) in [4.78, 5) is 22.5. The van der Waals surface area contributed by atoms with Crippen molar-refractivity contribution in [1.82, 2.24) is 10.0 Å². The standard InChI is InChI=1S/C13H18N2O5S/c1-8(2)11(12(16)17)14-13(18)15-21(19,20)10-6-4-9(3)5-7-10/h4-8,11H,1-3H3,(H,16,17)(H2,14,15,18)/t11-/m0/s1. The SMILES string of the molecule is Cc1ccc(S(=O)(=O)NC(=O)N[C@H](C(=O)O)C(C)C)cc1. The van der Waals surface area contributed by atoms with Gasteiger partial charge in [-0.15, -0.1) is 0 Å². The lowest BCUT2D eigenvalue weighted by molar-refractivity contribution is -0.140. The summed E-state index contributed by atoms with van der Waals surface area (Å²) in [5, 5.41) is 11.1. The highest BCUT2D eigenvalue weighted by Crippen LogP contribution is 2.10. The highest BCUT2D eigenvalue weighted by atomic mass is 32.2. The Balaban J connectivity index is 2.82. The van der Waals surface area contributed by atoms with Crippen LogP contribution in [0.2, 0.25) is 0 Å². The summed E-state index contributed by atoms with van der Waals surface area (Å²) in [5.74, 6) is -1.61. The number of nitrogens with one attached hydrogen (secondary N) is 2. The summed E-state index contributed by atoms with van der Waals surface area (Å²) < 4.78 is 25.7. The van der Waals surface area contributed by atoms with Gasteiger partial charge in [0.1, 0.15) is 6.04 Å². The Morgan fingerprint density at radius 2 is 1.67 bits per heavy atom. The van der Waals surface area contributed by atoms with Gasteiger partial charge in [-0.2, -0.15) is 0 Å². The average Bonchev–Trinajstić information content (AvgIpc) is 2.35. The third kappa shape index (κ3) is 4.75. The van der Waals surface area contributed by atoms with Crippen LogP contribution in [0.1, 0.15) is 19.4 Å². The molecule has 0 radical (unpaired) electrons. The summed E-state index contributed by atoms with van der Waals surface area (Å²) in [6.07, 6.45) is 0. The van der Waals surface area contributed by atoms with Crippen LogP contribution in [0.3, 0.4) is 0 Å². The first-order chi connectivity index (χ1) is 9.63. The quantitative estimate of drug-likeness (QED) is 0.753.